The van der Waals surface area contributed by atoms with Gasteiger partial charge < -0.3 is 14.8 Å². The molecule has 0 saturated heterocycles. The van der Waals surface area contributed by atoms with Gasteiger partial charge in [-0.15, -0.1) is 0 Å². The lowest BCUT2D eigenvalue weighted by Gasteiger charge is -2.14. The molecule has 0 bridgehead atoms. The maximum Gasteiger partial charge on any atom is 0.426 e. The molecule has 0 aliphatic rings. The van der Waals surface area contributed by atoms with Gasteiger partial charge in [0.25, 0.3) is 0 Å². The number of ether oxygens (including phenoxy) is 2. The zero-order chi connectivity index (χ0) is 15.2. The second-order valence-corrected chi connectivity index (χ2v) is 4.65. The Morgan fingerprint density at radius 1 is 1.24 bits per heavy atom. The summed E-state index contributed by atoms with van der Waals surface area (Å²) in [5.41, 5.74) is 1.67. The molecule has 6 heteroatoms. The number of anilines is 2. The Bertz CT molecular complexity index is 665. The minimum Gasteiger partial charge on any atom is -0.495 e. The summed E-state index contributed by atoms with van der Waals surface area (Å²) >= 11 is 0. The fraction of sp³-hybridized carbons (Fsp3) is 0.267. The van der Waals surface area contributed by atoms with E-state index in [4.69, 9.17) is 14.9 Å². The van der Waals surface area contributed by atoms with Gasteiger partial charge in [-0.3, -0.25) is 4.98 Å². The standard InChI is InChI=1S/C15H17N4O2/c1-10(2)21-11-4-5-15(20-3)13(8-11)18-12-6-7-17-9-14(12)19-16/h4-10H,1-3H3,(H,17,18)/q+1. The number of nitrogens with zero attached hydrogens (tertiary/aromatic N) is 3. The Labute approximate surface area is 123 Å². The number of aromatic nitrogens is 1. The summed E-state index contributed by atoms with van der Waals surface area (Å²) in [6.45, 7) is 3.92. The van der Waals surface area contributed by atoms with E-state index in [9.17, 15) is 0 Å². The Kier molecular flexibility index (Phi) is 4.57. The first-order valence-electron chi connectivity index (χ1n) is 6.55. The van der Waals surface area contributed by atoms with Crippen molar-refractivity contribution in [2.24, 2.45) is 0 Å². The fourth-order valence-electron chi connectivity index (χ4n) is 1.85. The Morgan fingerprint density at radius 2 is 2.05 bits per heavy atom. The van der Waals surface area contributed by atoms with Gasteiger partial charge in [-0.1, -0.05) is 0 Å². The van der Waals surface area contributed by atoms with Crippen molar-refractivity contribution >= 4 is 17.1 Å². The van der Waals surface area contributed by atoms with Crippen LogP contribution in [0.3, 0.4) is 0 Å². The van der Waals surface area contributed by atoms with Gasteiger partial charge in [0.2, 0.25) is 5.39 Å². The average Bonchev–Trinajstić information content (AvgIpc) is 2.47. The number of hydrogen-bond acceptors (Lipinski definition) is 5. The minimum absolute atomic E-state index is 0.0789. The second-order valence-electron chi connectivity index (χ2n) is 4.65. The molecule has 0 unspecified atom stereocenters. The molecule has 0 aliphatic carbocycles. The van der Waals surface area contributed by atoms with Crippen LogP contribution < -0.4 is 14.8 Å². The summed E-state index contributed by atoms with van der Waals surface area (Å²) < 4.78 is 11.0. The van der Waals surface area contributed by atoms with Crippen molar-refractivity contribution in [3.8, 4) is 11.5 Å². The number of diazo groups is 1. The zero-order valence-electron chi connectivity index (χ0n) is 12.2. The summed E-state index contributed by atoms with van der Waals surface area (Å²) in [5.74, 6) is 1.39. The van der Waals surface area contributed by atoms with Gasteiger partial charge in [-0.05, 0) is 32.0 Å². The lowest BCUT2D eigenvalue weighted by molar-refractivity contribution is 0.242. The first kappa shape index (κ1) is 14.6. The summed E-state index contributed by atoms with van der Waals surface area (Å²) in [7, 11) is 1.59. The van der Waals surface area contributed by atoms with Crippen LogP contribution >= 0.6 is 0 Å². The lowest BCUT2D eigenvalue weighted by atomic mass is 10.2. The van der Waals surface area contributed by atoms with E-state index in [1.54, 1.807) is 19.4 Å². The molecule has 0 spiro atoms. The van der Waals surface area contributed by atoms with Crippen LogP contribution in [0.5, 0.6) is 11.5 Å². The van der Waals surface area contributed by atoms with E-state index in [2.05, 4.69) is 15.3 Å². The molecule has 2 rings (SSSR count). The maximum atomic E-state index is 8.99. The van der Waals surface area contributed by atoms with Crippen LogP contribution in [-0.4, -0.2) is 18.2 Å². The molecule has 1 aromatic carbocycles. The highest BCUT2D eigenvalue weighted by molar-refractivity contribution is 5.76. The third-order valence-electron chi connectivity index (χ3n) is 2.72. The highest BCUT2D eigenvalue weighted by Gasteiger charge is 2.15. The van der Waals surface area contributed by atoms with Crippen LogP contribution in [0.4, 0.5) is 17.1 Å². The number of methoxy groups -OCH3 is 1. The van der Waals surface area contributed by atoms with Crippen molar-refractivity contribution in [1.82, 2.24) is 4.98 Å². The highest BCUT2D eigenvalue weighted by Crippen LogP contribution is 2.34. The summed E-state index contributed by atoms with van der Waals surface area (Å²) in [4.78, 5) is 7.10. The third-order valence-corrected chi connectivity index (χ3v) is 2.72. The number of rotatable bonds is 5. The van der Waals surface area contributed by atoms with Crippen LogP contribution in [0.2, 0.25) is 0 Å². The van der Waals surface area contributed by atoms with Crippen molar-refractivity contribution in [3.63, 3.8) is 0 Å². The van der Waals surface area contributed by atoms with Gasteiger partial charge in [0.15, 0.2) is 4.98 Å². The lowest BCUT2D eigenvalue weighted by Crippen LogP contribution is -2.06. The van der Waals surface area contributed by atoms with E-state index < -0.39 is 0 Å². The zero-order valence-corrected chi connectivity index (χ0v) is 12.2. The smallest absolute Gasteiger partial charge is 0.426 e. The van der Waals surface area contributed by atoms with E-state index >= 15 is 0 Å². The maximum absolute atomic E-state index is 8.99. The van der Waals surface area contributed by atoms with E-state index in [-0.39, 0.29) is 6.10 Å². The molecule has 0 atom stereocenters. The molecule has 0 fully saturated rings. The predicted octanol–water partition coefficient (Wildman–Crippen LogP) is 4.11. The molecule has 0 saturated carbocycles. The van der Waals surface area contributed by atoms with Crippen LogP contribution in [-0.2, 0) is 0 Å². The van der Waals surface area contributed by atoms with Crippen LogP contribution in [0.1, 0.15) is 13.8 Å². The van der Waals surface area contributed by atoms with Gasteiger partial charge in [0, 0.05) is 12.3 Å². The van der Waals surface area contributed by atoms with Crippen LogP contribution in [0.25, 0.3) is 4.98 Å². The molecule has 1 N–H and O–H groups in total. The van der Waals surface area contributed by atoms with Gasteiger partial charge >= 0.3 is 5.69 Å². The molecular formula is C15H17N4O2+. The molecule has 1 heterocycles. The molecule has 21 heavy (non-hydrogen) atoms. The Morgan fingerprint density at radius 3 is 2.71 bits per heavy atom. The fourth-order valence-corrected chi connectivity index (χ4v) is 1.85. The molecule has 0 aliphatic heterocycles. The molecule has 108 valence electrons. The molecule has 2 aromatic rings. The monoisotopic (exact) mass is 285 g/mol. The average molecular weight is 285 g/mol. The number of nitrogens with one attached hydrogen (secondary N) is 1. The summed E-state index contributed by atoms with van der Waals surface area (Å²) in [5, 5.41) is 12.1. The number of benzene rings is 1. The highest BCUT2D eigenvalue weighted by atomic mass is 16.5. The van der Waals surface area contributed by atoms with E-state index in [0.717, 1.165) is 5.75 Å². The van der Waals surface area contributed by atoms with Crippen LogP contribution in [0, 0.1) is 5.39 Å². The Hall–Kier alpha value is -2.81. The van der Waals surface area contributed by atoms with Crippen molar-refractivity contribution in [2.45, 2.75) is 20.0 Å². The van der Waals surface area contributed by atoms with E-state index in [1.807, 2.05) is 32.0 Å². The van der Waals surface area contributed by atoms with Crippen molar-refractivity contribution in [1.29, 1.82) is 5.39 Å². The van der Waals surface area contributed by atoms with Gasteiger partial charge in [0.05, 0.1) is 18.9 Å². The topological polar surface area (TPSA) is 71.5 Å². The summed E-state index contributed by atoms with van der Waals surface area (Å²) in [6.07, 6.45) is 3.15. The minimum atomic E-state index is 0.0789. The van der Waals surface area contributed by atoms with E-state index in [1.165, 1.54) is 6.20 Å². The number of hydrogen-bond donors (Lipinski definition) is 1. The van der Waals surface area contributed by atoms with Crippen LogP contribution in [0.15, 0.2) is 36.7 Å². The molecule has 1 aromatic heterocycles. The van der Waals surface area contributed by atoms with Crippen molar-refractivity contribution in [3.05, 3.63) is 41.6 Å². The first-order chi connectivity index (χ1) is 10.1. The summed E-state index contributed by atoms with van der Waals surface area (Å²) in [6, 6.07) is 7.20. The largest absolute Gasteiger partial charge is 0.495 e. The second kappa shape index (κ2) is 6.57. The number of pyridine rings is 1. The van der Waals surface area contributed by atoms with Crippen molar-refractivity contribution < 1.29 is 9.47 Å². The predicted molar refractivity (Wildman–Crippen MR) is 81.0 cm³/mol. The quantitative estimate of drug-likeness (QED) is 0.837. The third kappa shape index (κ3) is 3.60. The van der Waals surface area contributed by atoms with Gasteiger partial charge in [-0.2, -0.15) is 0 Å². The normalized spacial score (nSPS) is 10.0. The molecule has 6 nitrogen and oxygen atoms in total. The molecule has 0 radical (unpaired) electrons. The van der Waals surface area contributed by atoms with Crippen molar-refractivity contribution in [2.75, 3.05) is 12.4 Å². The molecular weight excluding hydrogens is 268 g/mol. The van der Waals surface area contributed by atoms with Gasteiger partial charge in [0.1, 0.15) is 23.4 Å². The molecule has 0 amide bonds. The first-order valence-corrected chi connectivity index (χ1v) is 6.55. The van der Waals surface area contributed by atoms with Gasteiger partial charge in [-0.25, -0.2) is 0 Å². The Balaban J connectivity index is 2.35. The SMILES string of the molecule is COc1ccc(OC(C)C)cc1Nc1ccncc1[N+]#N. The van der Waals surface area contributed by atoms with E-state index in [0.29, 0.717) is 22.8 Å².